The Labute approximate surface area is 174 Å². The Kier molecular flexibility index (Phi) is 6.09. The van der Waals surface area contributed by atoms with E-state index >= 15 is 0 Å². The van der Waals surface area contributed by atoms with Gasteiger partial charge in [0.15, 0.2) is 16.6 Å². The van der Waals surface area contributed by atoms with Crippen LogP contribution >= 0.6 is 12.2 Å². The zero-order valence-corrected chi connectivity index (χ0v) is 16.9. The number of amides is 2. The van der Waals surface area contributed by atoms with Gasteiger partial charge in [0.25, 0.3) is 11.8 Å². The fourth-order valence-corrected chi connectivity index (χ4v) is 3.19. The Morgan fingerprint density at radius 2 is 1.69 bits per heavy atom. The summed E-state index contributed by atoms with van der Waals surface area (Å²) in [6.07, 6.45) is 3.10. The van der Waals surface area contributed by atoms with Crippen LogP contribution in [-0.2, 0) is 9.59 Å². The molecule has 1 heterocycles. The number of methoxy groups -OCH3 is 2. The highest BCUT2D eigenvalue weighted by atomic mass is 32.1. The van der Waals surface area contributed by atoms with Crippen LogP contribution in [0.25, 0.3) is 17.2 Å². The van der Waals surface area contributed by atoms with Crippen LogP contribution in [0.5, 0.6) is 11.5 Å². The molecule has 0 radical (unpaired) electrons. The molecule has 148 valence electrons. The summed E-state index contributed by atoms with van der Waals surface area (Å²) in [4.78, 5) is 26.1. The van der Waals surface area contributed by atoms with Gasteiger partial charge in [-0.1, -0.05) is 36.4 Å². The Morgan fingerprint density at radius 1 is 1.03 bits per heavy atom. The predicted octanol–water partition coefficient (Wildman–Crippen LogP) is 3.18. The van der Waals surface area contributed by atoms with Crippen molar-refractivity contribution in [2.24, 2.45) is 0 Å². The molecule has 0 aromatic heterocycles. The summed E-state index contributed by atoms with van der Waals surface area (Å²) in [5, 5.41) is 2.62. The summed E-state index contributed by atoms with van der Waals surface area (Å²) >= 11 is 5.05. The minimum atomic E-state index is -0.510. The average Bonchev–Trinajstić information content (AvgIpc) is 2.74. The minimum absolute atomic E-state index is 0.0271. The number of carbonyl (C=O) groups excluding carboxylic acids is 2. The van der Waals surface area contributed by atoms with Gasteiger partial charge in [-0.3, -0.25) is 19.8 Å². The number of hydrogen-bond donors (Lipinski definition) is 1. The molecule has 6 nitrogen and oxygen atoms in total. The number of rotatable bonds is 6. The maximum atomic E-state index is 12.6. The quantitative estimate of drug-likeness (QED) is 0.344. The van der Waals surface area contributed by atoms with Gasteiger partial charge in [0, 0.05) is 6.54 Å². The SMILES string of the molecule is C=CCN1C(=O)C(=Cc2ccc(-c3ccc(OC)c(OC)c3)cc2)C(=O)NC1=S. The van der Waals surface area contributed by atoms with Gasteiger partial charge >= 0.3 is 0 Å². The molecule has 29 heavy (non-hydrogen) atoms. The molecule has 3 rings (SSSR count). The zero-order valence-electron chi connectivity index (χ0n) is 16.1. The molecule has 0 unspecified atom stereocenters. The van der Waals surface area contributed by atoms with Crippen molar-refractivity contribution in [1.29, 1.82) is 0 Å². The second-order valence-corrected chi connectivity index (χ2v) is 6.60. The Morgan fingerprint density at radius 3 is 2.31 bits per heavy atom. The molecule has 0 atom stereocenters. The molecule has 1 N–H and O–H groups in total. The second-order valence-electron chi connectivity index (χ2n) is 6.21. The largest absolute Gasteiger partial charge is 0.493 e. The zero-order chi connectivity index (χ0) is 21.0. The van der Waals surface area contributed by atoms with Gasteiger partial charge in [-0.2, -0.15) is 0 Å². The Hall–Kier alpha value is -3.45. The van der Waals surface area contributed by atoms with Crippen molar-refractivity contribution in [3.63, 3.8) is 0 Å². The van der Waals surface area contributed by atoms with Crippen LogP contribution in [0.1, 0.15) is 5.56 Å². The van der Waals surface area contributed by atoms with Gasteiger partial charge in [-0.15, -0.1) is 6.58 Å². The molecule has 0 saturated carbocycles. The van der Waals surface area contributed by atoms with Crippen molar-refractivity contribution in [2.45, 2.75) is 0 Å². The van der Waals surface area contributed by atoms with Crippen LogP contribution in [-0.4, -0.2) is 42.6 Å². The van der Waals surface area contributed by atoms with Crippen molar-refractivity contribution in [3.05, 3.63) is 66.3 Å². The molecule has 2 aromatic carbocycles. The molecular formula is C22H20N2O4S. The van der Waals surface area contributed by atoms with Crippen LogP contribution in [0.15, 0.2) is 60.7 Å². The van der Waals surface area contributed by atoms with Crippen LogP contribution in [0.3, 0.4) is 0 Å². The molecule has 0 bridgehead atoms. The van der Waals surface area contributed by atoms with Crippen LogP contribution in [0.2, 0.25) is 0 Å². The molecule has 2 aromatic rings. The number of ether oxygens (including phenoxy) is 2. The highest BCUT2D eigenvalue weighted by Gasteiger charge is 2.32. The average molecular weight is 408 g/mol. The first-order valence-electron chi connectivity index (χ1n) is 8.80. The van der Waals surface area contributed by atoms with E-state index in [2.05, 4.69) is 11.9 Å². The molecule has 1 fully saturated rings. The van der Waals surface area contributed by atoms with Crippen LogP contribution < -0.4 is 14.8 Å². The minimum Gasteiger partial charge on any atom is -0.493 e. The predicted molar refractivity (Wildman–Crippen MR) is 116 cm³/mol. The van der Waals surface area contributed by atoms with Gasteiger partial charge in [0.05, 0.1) is 14.2 Å². The van der Waals surface area contributed by atoms with E-state index in [4.69, 9.17) is 21.7 Å². The molecule has 0 spiro atoms. The number of benzene rings is 2. The molecule has 7 heteroatoms. The molecular weight excluding hydrogens is 388 g/mol. The van der Waals surface area contributed by atoms with Gasteiger partial charge < -0.3 is 9.47 Å². The third kappa shape index (κ3) is 4.20. The highest BCUT2D eigenvalue weighted by molar-refractivity contribution is 7.80. The van der Waals surface area contributed by atoms with E-state index in [9.17, 15) is 9.59 Å². The first kappa shape index (κ1) is 20.3. The van der Waals surface area contributed by atoms with E-state index in [1.165, 1.54) is 4.90 Å². The molecule has 1 aliphatic rings. The lowest BCUT2D eigenvalue weighted by Crippen LogP contribution is -2.53. The summed E-state index contributed by atoms with van der Waals surface area (Å²) in [5.41, 5.74) is 2.66. The van der Waals surface area contributed by atoms with E-state index < -0.39 is 11.8 Å². The van der Waals surface area contributed by atoms with E-state index in [1.54, 1.807) is 26.4 Å². The van der Waals surface area contributed by atoms with Crippen LogP contribution in [0.4, 0.5) is 0 Å². The third-order valence-corrected chi connectivity index (χ3v) is 4.76. The van der Waals surface area contributed by atoms with Crippen molar-refractivity contribution < 1.29 is 19.1 Å². The van der Waals surface area contributed by atoms with E-state index in [0.29, 0.717) is 11.5 Å². The molecule has 2 amide bonds. The molecule has 1 saturated heterocycles. The lowest BCUT2D eigenvalue weighted by atomic mass is 10.0. The van der Waals surface area contributed by atoms with Crippen molar-refractivity contribution in [2.75, 3.05) is 20.8 Å². The smallest absolute Gasteiger partial charge is 0.265 e. The van der Waals surface area contributed by atoms with Gasteiger partial charge in [0.1, 0.15) is 5.57 Å². The second kappa shape index (κ2) is 8.70. The van der Waals surface area contributed by atoms with E-state index in [0.717, 1.165) is 16.7 Å². The highest BCUT2D eigenvalue weighted by Crippen LogP contribution is 2.32. The van der Waals surface area contributed by atoms with Crippen molar-refractivity contribution in [3.8, 4) is 22.6 Å². The fourth-order valence-electron chi connectivity index (χ4n) is 2.94. The topological polar surface area (TPSA) is 67.9 Å². The first-order valence-corrected chi connectivity index (χ1v) is 9.21. The maximum absolute atomic E-state index is 12.6. The van der Waals surface area contributed by atoms with Gasteiger partial charge in [-0.25, -0.2) is 0 Å². The Balaban J connectivity index is 1.88. The molecule has 1 aliphatic heterocycles. The summed E-state index contributed by atoms with van der Waals surface area (Å²) in [7, 11) is 3.18. The molecule has 0 aliphatic carbocycles. The van der Waals surface area contributed by atoms with E-state index in [-0.39, 0.29) is 17.2 Å². The number of hydrogen-bond acceptors (Lipinski definition) is 5. The normalized spacial score (nSPS) is 15.3. The summed E-state index contributed by atoms with van der Waals surface area (Å²) in [6.45, 7) is 3.84. The monoisotopic (exact) mass is 408 g/mol. The van der Waals surface area contributed by atoms with E-state index in [1.807, 2.05) is 42.5 Å². The van der Waals surface area contributed by atoms with Crippen molar-refractivity contribution in [1.82, 2.24) is 10.2 Å². The van der Waals surface area contributed by atoms with Gasteiger partial charge in [0.2, 0.25) is 0 Å². The maximum Gasteiger partial charge on any atom is 0.265 e. The lowest BCUT2D eigenvalue weighted by molar-refractivity contribution is -0.128. The van der Waals surface area contributed by atoms with Gasteiger partial charge in [-0.05, 0) is 47.1 Å². The first-order chi connectivity index (χ1) is 14.0. The third-order valence-electron chi connectivity index (χ3n) is 4.44. The standard InChI is InChI=1S/C22H20N2O4S/c1-4-11-24-21(26)17(20(25)23-22(24)29)12-14-5-7-15(8-6-14)16-9-10-18(27-2)19(13-16)28-3/h4-10,12-13H,1,11H2,2-3H3,(H,23,25,29). The van der Waals surface area contributed by atoms with Crippen molar-refractivity contribution >= 4 is 35.2 Å². The number of nitrogens with zero attached hydrogens (tertiary/aromatic N) is 1. The Bertz CT molecular complexity index is 1010. The summed E-state index contributed by atoms with van der Waals surface area (Å²) in [6, 6.07) is 13.1. The number of nitrogens with one attached hydrogen (secondary N) is 1. The summed E-state index contributed by atoms with van der Waals surface area (Å²) in [5.74, 6) is 0.340. The van der Waals surface area contributed by atoms with Crippen LogP contribution in [0, 0.1) is 0 Å². The fraction of sp³-hybridized carbons (Fsp3) is 0.136. The number of carbonyl (C=O) groups is 2. The summed E-state index contributed by atoms with van der Waals surface area (Å²) < 4.78 is 10.6. The number of thiocarbonyl (C=S) groups is 1. The lowest BCUT2D eigenvalue weighted by Gasteiger charge is -2.27.